The Morgan fingerprint density at radius 2 is 1.79 bits per heavy atom. The molecule has 4 rings (SSSR count). The van der Waals surface area contributed by atoms with Crippen LogP contribution in [0.25, 0.3) is 0 Å². The van der Waals surface area contributed by atoms with Gasteiger partial charge in [0.2, 0.25) is 0 Å². The summed E-state index contributed by atoms with van der Waals surface area (Å²) < 4.78 is 26.8. The van der Waals surface area contributed by atoms with Gasteiger partial charge >= 0.3 is 0 Å². The Bertz CT molecular complexity index is 922. The third-order valence-corrected chi connectivity index (χ3v) is 5.91. The Morgan fingerprint density at radius 3 is 2.45 bits per heavy atom. The zero-order chi connectivity index (χ0) is 20.4. The molecule has 2 fully saturated rings. The van der Waals surface area contributed by atoms with Crippen LogP contribution in [0.2, 0.25) is 0 Å². The number of likely N-dealkylation sites (tertiary alicyclic amines) is 1. The lowest BCUT2D eigenvalue weighted by Gasteiger charge is -2.41. The van der Waals surface area contributed by atoms with Crippen LogP contribution in [-0.4, -0.2) is 40.7 Å². The van der Waals surface area contributed by atoms with E-state index < -0.39 is 17.5 Å². The lowest BCUT2D eigenvalue weighted by molar-refractivity contribution is 0.0668. The molecule has 1 amide bonds. The fourth-order valence-electron chi connectivity index (χ4n) is 3.99. The lowest BCUT2D eigenvalue weighted by atomic mass is 9.86. The average Bonchev–Trinajstić information content (AvgIpc) is 2.67. The summed E-state index contributed by atoms with van der Waals surface area (Å²) in [5.41, 5.74) is 0.0118. The molecule has 2 aromatic rings. The molecule has 0 bridgehead atoms. The predicted octanol–water partition coefficient (Wildman–Crippen LogP) is 4.06. The highest BCUT2D eigenvalue weighted by Gasteiger charge is 2.32. The van der Waals surface area contributed by atoms with Gasteiger partial charge in [0, 0.05) is 18.0 Å². The minimum Gasteiger partial charge on any atom is -0.306 e. The highest BCUT2D eigenvalue weighted by Crippen LogP contribution is 2.30. The molecule has 0 radical (unpaired) electrons. The number of nitrogens with zero attached hydrogens (tertiary/aromatic N) is 2. The van der Waals surface area contributed by atoms with E-state index in [0.717, 1.165) is 38.1 Å². The number of rotatable bonds is 5. The number of amides is 1. The van der Waals surface area contributed by atoms with E-state index >= 15 is 0 Å². The van der Waals surface area contributed by atoms with Crippen LogP contribution in [-0.2, 0) is 0 Å². The van der Waals surface area contributed by atoms with Gasteiger partial charge in [-0.1, -0.05) is 12.5 Å². The van der Waals surface area contributed by atoms with Crippen molar-refractivity contribution in [2.24, 2.45) is 5.92 Å². The van der Waals surface area contributed by atoms with E-state index in [0.29, 0.717) is 17.8 Å². The van der Waals surface area contributed by atoms with Gasteiger partial charge in [-0.3, -0.25) is 9.59 Å². The number of hydrogen-bond acceptors (Lipinski definition) is 4. The molecular weight excluding hydrogens is 376 g/mol. The van der Waals surface area contributed by atoms with Crippen molar-refractivity contribution >= 4 is 17.5 Å². The molecule has 2 heterocycles. The number of hydrogen-bond donors (Lipinski definition) is 1. The fourth-order valence-corrected chi connectivity index (χ4v) is 3.99. The first-order chi connectivity index (χ1) is 14.0. The van der Waals surface area contributed by atoms with Gasteiger partial charge in [0.1, 0.15) is 23.1 Å². The normalized spacial score (nSPS) is 18.3. The van der Waals surface area contributed by atoms with Crippen molar-refractivity contribution in [3.05, 3.63) is 59.3 Å². The molecule has 1 aromatic heterocycles. The van der Waals surface area contributed by atoms with Gasteiger partial charge in [-0.15, -0.1) is 0 Å². The summed E-state index contributed by atoms with van der Waals surface area (Å²) in [7, 11) is 0. The van der Waals surface area contributed by atoms with Crippen LogP contribution in [0.1, 0.15) is 53.0 Å². The highest BCUT2D eigenvalue weighted by molar-refractivity contribution is 6.04. The topological polar surface area (TPSA) is 62.3 Å². The third-order valence-electron chi connectivity index (χ3n) is 5.91. The number of pyridine rings is 1. The van der Waals surface area contributed by atoms with E-state index in [4.69, 9.17) is 0 Å². The largest absolute Gasteiger partial charge is 0.306 e. The molecule has 1 saturated carbocycles. The molecular formula is C22H23F2N3O2. The summed E-state index contributed by atoms with van der Waals surface area (Å²) >= 11 is 0. The van der Waals surface area contributed by atoms with Crippen molar-refractivity contribution in [3.8, 4) is 0 Å². The standard InChI is InChI=1S/C22H23F2N3O2/c23-15-7-8-17(18(24)13-15)22(29)26-20-6-2-5-19(25-20)21(28)14-9-11-27(12-10-14)16-3-1-4-16/h2,5-8,13-14,16H,1,3-4,9-12H2,(H,25,26,29). The first kappa shape index (κ1) is 19.6. The summed E-state index contributed by atoms with van der Waals surface area (Å²) in [5.74, 6) is -2.38. The highest BCUT2D eigenvalue weighted by atomic mass is 19.1. The maximum absolute atomic E-state index is 13.8. The molecule has 1 saturated heterocycles. The van der Waals surface area contributed by atoms with Crippen LogP contribution < -0.4 is 5.32 Å². The maximum atomic E-state index is 13.8. The minimum absolute atomic E-state index is 0.0256. The van der Waals surface area contributed by atoms with Crippen LogP contribution in [0.3, 0.4) is 0 Å². The number of halogens is 2. The summed E-state index contributed by atoms with van der Waals surface area (Å²) in [6, 6.07) is 8.24. The van der Waals surface area contributed by atoms with Gasteiger partial charge in [0.15, 0.2) is 5.78 Å². The molecule has 5 nitrogen and oxygen atoms in total. The Balaban J connectivity index is 1.40. The number of aromatic nitrogens is 1. The summed E-state index contributed by atoms with van der Waals surface area (Å²) in [6.45, 7) is 1.86. The second kappa shape index (κ2) is 8.37. The lowest BCUT2D eigenvalue weighted by Crippen LogP contribution is -2.45. The van der Waals surface area contributed by atoms with Gasteiger partial charge in [0.05, 0.1) is 5.56 Å². The van der Waals surface area contributed by atoms with Gasteiger partial charge in [-0.25, -0.2) is 13.8 Å². The van der Waals surface area contributed by atoms with Crippen molar-refractivity contribution in [1.82, 2.24) is 9.88 Å². The Morgan fingerprint density at radius 1 is 1.03 bits per heavy atom. The van der Waals surface area contributed by atoms with Crippen molar-refractivity contribution in [1.29, 1.82) is 0 Å². The molecule has 0 spiro atoms. The van der Waals surface area contributed by atoms with Gasteiger partial charge in [0.25, 0.3) is 5.91 Å². The number of ketones is 1. The summed E-state index contributed by atoms with van der Waals surface area (Å²) in [4.78, 5) is 31.9. The molecule has 1 aromatic carbocycles. The van der Waals surface area contributed by atoms with E-state index in [1.54, 1.807) is 12.1 Å². The molecule has 0 unspecified atom stereocenters. The van der Waals surface area contributed by atoms with E-state index in [9.17, 15) is 18.4 Å². The van der Waals surface area contributed by atoms with Crippen LogP contribution in [0.15, 0.2) is 36.4 Å². The number of carbonyl (C=O) groups is 2. The monoisotopic (exact) mass is 399 g/mol. The SMILES string of the molecule is O=C(Nc1cccc(C(=O)C2CCN(C3CCC3)CC2)n1)c1ccc(F)cc1F. The van der Waals surface area contributed by atoms with Crippen molar-refractivity contribution in [2.75, 3.05) is 18.4 Å². The average molecular weight is 399 g/mol. The van der Waals surface area contributed by atoms with Crippen LogP contribution >= 0.6 is 0 Å². The summed E-state index contributed by atoms with van der Waals surface area (Å²) in [6.07, 6.45) is 5.45. The number of benzene rings is 1. The zero-order valence-corrected chi connectivity index (χ0v) is 16.0. The van der Waals surface area contributed by atoms with Crippen LogP contribution in [0.4, 0.5) is 14.6 Å². The van der Waals surface area contributed by atoms with E-state index in [-0.39, 0.29) is 23.1 Å². The van der Waals surface area contributed by atoms with E-state index in [1.807, 2.05) is 0 Å². The number of piperidine rings is 1. The maximum Gasteiger partial charge on any atom is 0.259 e. The minimum atomic E-state index is -0.951. The second-order valence-corrected chi connectivity index (χ2v) is 7.75. The second-order valence-electron chi connectivity index (χ2n) is 7.75. The summed E-state index contributed by atoms with van der Waals surface area (Å²) in [5, 5.41) is 2.48. The third kappa shape index (κ3) is 4.34. The van der Waals surface area contributed by atoms with Crippen molar-refractivity contribution in [2.45, 2.75) is 38.1 Å². The number of anilines is 1. The van der Waals surface area contributed by atoms with E-state index in [2.05, 4.69) is 15.2 Å². The number of Topliss-reactive ketones (excluding diaryl/α,β-unsaturated/α-hetero) is 1. The Hall–Kier alpha value is -2.67. The Kier molecular flexibility index (Phi) is 5.67. The van der Waals surface area contributed by atoms with Crippen LogP contribution in [0.5, 0.6) is 0 Å². The first-order valence-corrected chi connectivity index (χ1v) is 10.0. The molecule has 7 heteroatoms. The smallest absolute Gasteiger partial charge is 0.259 e. The quantitative estimate of drug-likeness (QED) is 0.771. The van der Waals surface area contributed by atoms with Crippen LogP contribution in [0, 0.1) is 17.6 Å². The van der Waals surface area contributed by atoms with Gasteiger partial charge < -0.3 is 10.2 Å². The molecule has 1 N–H and O–H groups in total. The molecule has 2 aliphatic rings. The first-order valence-electron chi connectivity index (χ1n) is 10.0. The van der Waals surface area contributed by atoms with Crippen molar-refractivity contribution in [3.63, 3.8) is 0 Å². The van der Waals surface area contributed by atoms with E-state index in [1.165, 1.54) is 25.3 Å². The van der Waals surface area contributed by atoms with Gasteiger partial charge in [-0.2, -0.15) is 0 Å². The molecule has 0 atom stereocenters. The molecule has 1 aliphatic carbocycles. The predicted molar refractivity (Wildman–Crippen MR) is 105 cm³/mol. The fraction of sp³-hybridized carbons (Fsp3) is 0.409. The molecule has 29 heavy (non-hydrogen) atoms. The number of nitrogens with one attached hydrogen (secondary N) is 1. The molecule has 1 aliphatic heterocycles. The molecule has 152 valence electrons. The Labute approximate surface area is 168 Å². The van der Waals surface area contributed by atoms with Crippen molar-refractivity contribution < 1.29 is 18.4 Å². The van der Waals surface area contributed by atoms with Gasteiger partial charge in [-0.05, 0) is 63.0 Å². The zero-order valence-electron chi connectivity index (χ0n) is 16.0. The number of carbonyl (C=O) groups excluding carboxylic acids is 2.